The van der Waals surface area contributed by atoms with E-state index in [-0.39, 0.29) is 5.91 Å². The Balaban J connectivity index is 1.40. The zero-order valence-electron chi connectivity index (χ0n) is 15.0. The molecule has 0 aliphatic heterocycles. The van der Waals surface area contributed by atoms with Crippen molar-refractivity contribution < 1.29 is 9.53 Å². The van der Waals surface area contributed by atoms with E-state index < -0.39 is 0 Å². The molecule has 0 saturated carbocycles. The molecular weight excluding hydrogens is 356 g/mol. The van der Waals surface area contributed by atoms with Gasteiger partial charge in [0.1, 0.15) is 6.61 Å². The Kier molecular flexibility index (Phi) is 7.30. The van der Waals surface area contributed by atoms with E-state index in [2.05, 4.69) is 22.4 Å². The lowest BCUT2D eigenvalue weighted by atomic mass is 10.2. The number of rotatable bonds is 9. The summed E-state index contributed by atoms with van der Waals surface area (Å²) in [6, 6.07) is 23.8. The zero-order valence-corrected chi connectivity index (χ0v) is 15.8. The summed E-state index contributed by atoms with van der Waals surface area (Å²) < 4.78 is 5.73. The summed E-state index contributed by atoms with van der Waals surface area (Å²) in [7, 11) is 0. The molecule has 138 valence electrons. The Bertz CT molecular complexity index is 841. The van der Waals surface area contributed by atoms with Crippen LogP contribution in [0.3, 0.4) is 0 Å². The van der Waals surface area contributed by atoms with Gasteiger partial charge in [-0.25, -0.2) is 4.98 Å². The van der Waals surface area contributed by atoms with E-state index in [1.54, 1.807) is 18.0 Å². The molecule has 0 radical (unpaired) electrons. The molecule has 1 N–H and O–H groups in total. The third kappa shape index (κ3) is 6.79. The second-order valence-corrected chi connectivity index (χ2v) is 7.13. The highest BCUT2D eigenvalue weighted by Crippen LogP contribution is 2.17. The number of hydrogen-bond donors (Lipinski definition) is 1. The molecule has 0 fully saturated rings. The molecule has 5 heteroatoms. The number of thioether (sulfide) groups is 1. The van der Waals surface area contributed by atoms with Gasteiger partial charge in [-0.2, -0.15) is 0 Å². The lowest BCUT2D eigenvalue weighted by Crippen LogP contribution is -2.23. The summed E-state index contributed by atoms with van der Waals surface area (Å²) in [5.74, 6) is 1.37. The Labute approximate surface area is 164 Å². The average Bonchev–Trinajstić information content (AvgIpc) is 2.73. The van der Waals surface area contributed by atoms with Crippen molar-refractivity contribution in [3.63, 3.8) is 0 Å². The molecule has 0 unspecified atom stereocenters. The van der Waals surface area contributed by atoms with Gasteiger partial charge in [-0.3, -0.25) is 4.79 Å². The summed E-state index contributed by atoms with van der Waals surface area (Å²) in [4.78, 5) is 17.4. The van der Waals surface area contributed by atoms with Crippen LogP contribution < -0.4 is 10.1 Å². The first-order chi connectivity index (χ1) is 13.3. The fourth-order valence-electron chi connectivity index (χ4n) is 2.44. The van der Waals surface area contributed by atoms with Crippen LogP contribution in [0, 0.1) is 0 Å². The van der Waals surface area contributed by atoms with Gasteiger partial charge in [-0.1, -0.05) is 48.5 Å². The molecule has 3 aromatic rings. The van der Waals surface area contributed by atoms with Gasteiger partial charge < -0.3 is 10.1 Å². The summed E-state index contributed by atoms with van der Waals surface area (Å²) in [6.45, 7) is 0.944. The standard InChI is InChI=1S/C22H22N2O2S/c25-21(12-14-27-20-9-5-2-6-10-20)24-16-19-11-13-23-22(15-19)26-17-18-7-3-1-4-8-18/h1-11,13,15H,12,14,16-17H2,(H,24,25). The van der Waals surface area contributed by atoms with Crippen LogP contribution in [-0.4, -0.2) is 16.6 Å². The third-order valence-electron chi connectivity index (χ3n) is 3.86. The molecule has 3 rings (SSSR count). The first kappa shape index (κ1) is 19.0. The van der Waals surface area contributed by atoms with E-state index in [1.165, 1.54) is 4.90 Å². The topological polar surface area (TPSA) is 51.2 Å². The number of aromatic nitrogens is 1. The number of hydrogen-bond acceptors (Lipinski definition) is 4. The van der Waals surface area contributed by atoms with Crippen molar-refractivity contribution in [1.82, 2.24) is 10.3 Å². The monoisotopic (exact) mass is 378 g/mol. The molecule has 1 amide bonds. The molecule has 0 aliphatic carbocycles. The molecule has 0 saturated heterocycles. The van der Waals surface area contributed by atoms with Crippen LogP contribution in [0.1, 0.15) is 17.5 Å². The fraction of sp³-hybridized carbons (Fsp3) is 0.182. The quantitative estimate of drug-likeness (QED) is 0.559. The average molecular weight is 378 g/mol. The van der Waals surface area contributed by atoms with E-state index in [9.17, 15) is 4.79 Å². The summed E-state index contributed by atoms with van der Waals surface area (Å²) in [5.41, 5.74) is 2.06. The summed E-state index contributed by atoms with van der Waals surface area (Å²) in [6.07, 6.45) is 2.19. The van der Waals surface area contributed by atoms with Gasteiger partial charge in [-0.15, -0.1) is 11.8 Å². The van der Waals surface area contributed by atoms with E-state index in [0.29, 0.717) is 25.5 Å². The Morgan fingerprint density at radius 3 is 2.48 bits per heavy atom. The molecule has 4 nitrogen and oxygen atoms in total. The SMILES string of the molecule is O=C(CCSc1ccccc1)NCc1ccnc(OCc2ccccc2)c1. The van der Waals surface area contributed by atoms with Crippen molar-refractivity contribution in [3.05, 3.63) is 90.1 Å². The number of carbonyl (C=O) groups excluding carboxylic acids is 1. The Morgan fingerprint density at radius 2 is 1.70 bits per heavy atom. The highest BCUT2D eigenvalue weighted by Gasteiger charge is 2.04. The summed E-state index contributed by atoms with van der Waals surface area (Å²) in [5, 5.41) is 2.95. The molecule has 0 bridgehead atoms. The largest absolute Gasteiger partial charge is 0.473 e. The number of ether oxygens (including phenoxy) is 1. The van der Waals surface area contributed by atoms with Gasteiger partial charge >= 0.3 is 0 Å². The van der Waals surface area contributed by atoms with E-state index >= 15 is 0 Å². The molecule has 0 spiro atoms. The Hall–Kier alpha value is -2.79. The second kappa shape index (κ2) is 10.4. The van der Waals surface area contributed by atoms with Crippen molar-refractivity contribution in [2.45, 2.75) is 24.5 Å². The predicted molar refractivity (Wildman–Crippen MR) is 109 cm³/mol. The van der Waals surface area contributed by atoms with Gasteiger partial charge in [0.15, 0.2) is 0 Å². The van der Waals surface area contributed by atoms with Crippen LogP contribution in [-0.2, 0) is 17.9 Å². The van der Waals surface area contributed by atoms with Gasteiger partial charge in [-0.05, 0) is 29.3 Å². The minimum absolute atomic E-state index is 0.0435. The number of benzene rings is 2. The van der Waals surface area contributed by atoms with E-state index in [1.807, 2.05) is 60.7 Å². The summed E-state index contributed by atoms with van der Waals surface area (Å²) >= 11 is 1.69. The lowest BCUT2D eigenvalue weighted by Gasteiger charge is -2.08. The molecule has 2 aromatic carbocycles. The maximum Gasteiger partial charge on any atom is 0.221 e. The Morgan fingerprint density at radius 1 is 0.963 bits per heavy atom. The van der Waals surface area contributed by atoms with Crippen molar-refractivity contribution in [2.75, 3.05) is 5.75 Å². The van der Waals surface area contributed by atoms with Crippen LogP contribution >= 0.6 is 11.8 Å². The zero-order chi connectivity index (χ0) is 18.7. The van der Waals surface area contributed by atoms with E-state index in [4.69, 9.17) is 4.74 Å². The van der Waals surface area contributed by atoms with Gasteiger partial charge in [0.25, 0.3) is 0 Å². The first-order valence-electron chi connectivity index (χ1n) is 8.86. The number of carbonyl (C=O) groups is 1. The van der Waals surface area contributed by atoms with Crippen molar-refractivity contribution in [1.29, 1.82) is 0 Å². The number of amides is 1. The first-order valence-corrected chi connectivity index (χ1v) is 9.84. The van der Waals surface area contributed by atoms with Crippen LogP contribution in [0.5, 0.6) is 5.88 Å². The van der Waals surface area contributed by atoms with Crippen LogP contribution in [0.2, 0.25) is 0 Å². The van der Waals surface area contributed by atoms with Gasteiger partial charge in [0.2, 0.25) is 11.8 Å². The third-order valence-corrected chi connectivity index (χ3v) is 4.87. The van der Waals surface area contributed by atoms with Crippen LogP contribution in [0.25, 0.3) is 0 Å². The maximum absolute atomic E-state index is 12.0. The van der Waals surface area contributed by atoms with Crippen LogP contribution in [0.15, 0.2) is 83.9 Å². The molecule has 1 aromatic heterocycles. The normalized spacial score (nSPS) is 10.4. The molecule has 1 heterocycles. The smallest absolute Gasteiger partial charge is 0.221 e. The van der Waals surface area contributed by atoms with Crippen molar-refractivity contribution in [3.8, 4) is 5.88 Å². The highest BCUT2D eigenvalue weighted by atomic mass is 32.2. The number of nitrogens with zero attached hydrogens (tertiary/aromatic N) is 1. The second-order valence-electron chi connectivity index (χ2n) is 5.96. The maximum atomic E-state index is 12.0. The van der Waals surface area contributed by atoms with Crippen LogP contribution in [0.4, 0.5) is 0 Å². The minimum Gasteiger partial charge on any atom is -0.473 e. The minimum atomic E-state index is 0.0435. The van der Waals surface area contributed by atoms with Gasteiger partial charge in [0, 0.05) is 35.9 Å². The highest BCUT2D eigenvalue weighted by molar-refractivity contribution is 7.99. The van der Waals surface area contributed by atoms with Gasteiger partial charge in [0.05, 0.1) is 0 Å². The van der Waals surface area contributed by atoms with Crippen molar-refractivity contribution >= 4 is 17.7 Å². The number of pyridine rings is 1. The molecule has 0 aliphatic rings. The lowest BCUT2D eigenvalue weighted by molar-refractivity contribution is -0.120. The van der Waals surface area contributed by atoms with Crippen molar-refractivity contribution in [2.24, 2.45) is 0 Å². The molecule has 0 atom stereocenters. The molecular formula is C22H22N2O2S. The number of nitrogens with one attached hydrogen (secondary N) is 1. The van der Waals surface area contributed by atoms with E-state index in [0.717, 1.165) is 16.9 Å². The predicted octanol–water partition coefficient (Wildman–Crippen LogP) is 4.46. The fourth-order valence-corrected chi connectivity index (χ4v) is 3.31. The molecule has 27 heavy (non-hydrogen) atoms.